The number of hydrogen-bond acceptors (Lipinski definition) is 4. The monoisotopic (exact) mass is 386 g/mol. The Morgan fingerprint density at radius 1 is 1.15 bits per heavy atom. The molecule has 3 rings (SSSR count). The normalized spacial score (nSPS) is 14.3. The molecule has 1 fully saturated rings. The molecule has 0 aliphatic carbocycles. The van der Waals surface area contributed by atoms with Gasteiger partial charge in [-0.15, -0.1) is 0 Å². The Labute approximate surface area is 166 Å². The molecule has 1 N–H and O–H groups in total. The van der Waals surface area contributed by atoms with Gasteiger partial charge in [0.05, 0.1) is 24.6 Å². The minimum atomic E-state index is 0.114. The van der Waals surface area contributed by atoms with Crippen LogP contribution in [-0.4, -0.2) is 32.1 Å². The molecule has 1 saturated heterocycles. The lowest BCUT2D eigenvalue weighted by atomic mass is 9.91. The molecule has 5 heteroatoms. The predicted molar refractivity (Wildman–Crippen MR) is 112 cm³/mol. The molecule has 1 aliphatic heterocycles. The van der Waals surface area contributed by atoms with Gasteiger partial charge in [-0.1, -0.05) is 17.7 Å². The van der Waals surface area contributed by atoms with Crippen molar-refractivity contribution in [2.75, 3.05) is 36.5 Å². The van der Waals surface area contributed by atoms with Gasteiger partial charge in [0.15, 0.2) is 5.78 Å². The average molecular weight is 387 g/mol. The second kappa shape index (κ2) is 8.32. The van der Waals surface area contributed by atoms with E-state index < -0.39 is 0 Å². The maximum atomic E-state index is 12.1. The van der Waals surface area contributed by atoms with Crippen LogP contribution >= 0.6 is 11.6 Å². The number of nitrogens with zero attached hydrogens (tertiary/aromatic N) is 1. The Balaban J connectivity index is 1.90. The Morgan fingerprint density at radius 2 is 1.85 bits per heavy atom. The number of rotatable bonds is 5. The molecule has 0 radical (unpaired) electrons. The zero-order chi connectivity index (χ0) is 19.6. The minimum Gasteiger partial charge on any atom is -0.379 e. The number of morpholine rings is 1. The highest BCUT2D eigenvalue weighted by Gasteiger charge is 2.17. The summed E-state index contributed by atoms with van der Waals surface area (Å²) in [6.45, 7) is 11.6. The molecule has 0 saturated carbocycles. The van der Waals surface area contributed by atoms with Gasteiger partial charge in [-0.25, -0.2) is 0 Å². The topological polar surface area (TPSA) is 41.6 Å². The molecule has 4 nitrogen and oxygen atoms in total. The third kappa shape index (κ3) is 4.28. The van der Waals surface area contributed by atoms with E-state index in [-0.39, 0.29) is 5.78 Å². The molecule has 144 valence electrons. The first-order valence-corrected chi connectivity index (χ1v) is 9.73. The SMILES string of the molecule is CC(=O)c1c(C)cc(C)c(CNc2cc(Cl)ccc2N2CCOCC2)c1C. The number of anilines is 2. The molecule has 2 aromatic carbocycles. The second-order valence-electron chi connectivity index (χ2n) is 7.16. The number of carbonyl (C=O) groups excluding carboxylic acids is 1. The van der Waals surface area contributed by atoms with Crippen LogP contribution in [0.5, 0.6) is 0 Å². The summed E-state index contributed by atoms with van der Waals surface area (Å²) < 4.78 is 5.47. The molecule has 0 amide bonds. The van der Waals surface area contributed by atoms with Crippen molar-refractivity contribution in [3.63, 3.8) is 0 Å². The van der Waals surface area contributed by atoms with Crippen molar-refractivity contribution >= 4 is 28.8 Å². The largest absolute Gasteiger partial charge is 0.379 e. The molecule has 0 aromatic heterocycles. The highest BCUT2D eigenvalue weighted by molar-refractivity contribution is 6.31. The molecule has 0 spiro atoms. The first-order valence-electron chi connectivity index (χ1n) is 9.35. The maximum Gasteiger partial charge on any atom is 0.160 e. The number of ketones is 1. The van der Waals surface area contributed by atoms with Gasteiger partial charge in [0.1, 0.15) is 0 Å². The van der Waals surface area contributed by atoms with Crippen LogP contribution < -0.4 is 10.2 Å². The van der Waals surface area contributed by atoms with Crippen molar-refractivity contribution in [3.8, 4) is 0 Å². The first kappa shape index (κ1) is 19.7. The summed E-state index contributed by atoms with van der Waals surface area (Å²) in [5, 5.41) is 4.26. The van der Waals surface area contributed by atoms with Crippen LogP contribution in [-0.2, 0) is 11.3 Å². The van der Waals surface area contributed by atoms with Crippen molar-refractivity contribution in [1.29, 1.82) is 0 Å². The third-order valence-corrected chi connectivity index (χ3v) is 5.48. The quantitative estimate of drug-likeness (QED) is 0.741. The number of hydrogen-bond donors (Lipinski definition) is 1. The van der Waals surface area contributed by atoms with Crippen molar-refractivity contribution < 1.29 is 9.53 Å². The smallest absolute Gasteiger partial charge is 0.160 e. The number of nitrogens with one attached hydrogen (secondary N) is 1. The van der Waals surface area contributed by atoms with E-state index in [9.17, 15) is 4.79 Å². The third-order valence-electron chi connectivity index (χ3n) is 5.25. The maximum absolute atomic E-state index is 12.1. The highest BCUT2D eigenvalue weighted by atomic mass is 35.5. The Bertz CT molecular complexity index is 858. The van der Waals surface area contributed by atoms with Gasteiger partial charge in [0.25, 0.3) is 0 Å². The van der Waals surface area contributed by atoms with Crippen LogP contribution in [0.2, 0.25) is 5.02 Å². The summed E-state index contributed by atoms with van der Waals surface area (Å²) in [6.07, 6.45) is 0. The van der Waals surface area contributed by atoms with Crippen LogP contribution in [0, 0.1) is 20.8 Å². The van der Waals surface area contributed by atoms with E-state index >= 15 is 0 Å². The molecule has 0 bridgehead atoms. The van der Waals surface area contributed by atoms with Gasteiger partial charge in [-0.3, -0.25) is 4.79 Å². The molecule has 1 aliphatic rings. The van der Waals surface area contributed by atoms with Crippen molar-refractivity contribution in [1.82, 2.24) is 0 Å². The Hall–Kier alpha value is -2.04. The lowest BCUT2D eigenvalue weighted by Crippen LogP contribution is -2.36. The van der Waals surface area contributed by atoms with Crippen LogP contribution in [0.3, 0.4) is 0 Å². The molecule has 2 aromatic rings. The molecule has 0 atom stereocenters. The van der Waals surface area contributed by atoms with Crippen LogP contribution in [0.15, 0.2) is 24.3 Å². The summed E-state index contributed by atoms with van der Waals surface area (Å²) in [4.78, 5) is 14.4. The van der Waals surface area contributed by atoms with E-state index in [4.69, 9.17) is 16.3 Å². The standard InChI is InChI=1S/C22H27ClN2O2/c1-14-11-15(2)22(17(4)26)16(3)19(14)13-24-20-12-18(23)5-6-21(20)25-7-9-27-10-8-25/h5-6,11-12,24H,7-10,13H2,1-4H3. The van der Waals surface area contributed by atoms with Gasteiger partial charge in [0, 0.05) is 30.2 Å². The molecule has 0 unspecified atom stereocenters. The highest BCUT2D eigenvalue weighted by Crippen LogP contribution is 2.31. The zero-order valence-corrected chi connectivity index (χ0v) is 17.2. The summed E-state index contributed by atoms with van der Waals surface area (Å²) >= 11 is 6.26. The van der Waals surface area contributed by atoms with Crippen LogP contribution in [0.25, 0.3) is 0 Å². The number of ether oxygens (including phenoxy) is 1. The number of Topliss-reactive ketones (excluding diaryl/α,β-unsaturated/α-hetero) is 1. The summed E-state index contributed by atoms with van der Waals surface area (Å²) in [6, 6.07) is 8.05. The van der Waals surface area contributed by atoms with E-state index in [0.29, 0.717) is 11.6 Å². The predicted octanol–water partition coefficient (Wildman–Crippen LogP) is 4.92. The fourth-order valence-corrected chi connectivity index (χ4v) is 4.13. The van der Waals surface area contributed by atoms with Crippen molar-refractivity contribution in [3.05, 3.63) is 57.1 Å². The van der Waals surface area contributed by atoms with Crippen LogP contribution in [0.4, 0.5) is 11.4 Å². The van der Waals surface area contributed by atoms with Crippen molar-refractivity contribution in [2.24, 2.45) is 0 Å². The molecule has 1 heterocycles. The average Bonchev–Trinajstić information content (AvgIpc) is 2.61. The summed E-state index contributed by atoms with van der Waals surface area (Å²) in [7, 11) is 0. The number of carbonyl (C=O) groups is 1. The Kier molecular flexibility index (Phi) is 6.08. The first-order chi connectivity index (χ1) is 12.9. The van der Waals surface area contributed by atoms with Gasteiger partial charge in [0.2, 0.25) is 0 Å². The zero-order valence-electron chi connectivity index (χ0n) is 16.5. The fourth-order valence-electron chi connectivity index (χ4n) is 3.95. The second-order valence-corrected chi connectivity index (χ2v) is 7.60. The lowest BCUT2D eigenvalue weighted by Gasteiger charge is -2.31. The van der Waals surface area contributed by atoms with E-state index in [1.54, 1.807) is 6.92 Å². The van der Waals surface area contributed by atoms with Crippen molar-refractivity contribution in [2.45, 2.75) is 34.2 Å². The number of halogens is 1. The lowest BCUT2D eigenvalue weighted by molar-refractivity contribution is 0.101. The van der Waals surface area contributed by atoms with Gasteiger partial charge >= 0.3 is 0 Å². The van der Waals surface area contributed by atoms with E-state index in [1.165, 1.54) is 11.1 Å². The summed E-state index contributed by atoms with van der Waals surface area (Å²) in [5.74, 6) is 0.114. The summed E-state index contributed by atoms with van der Waals surface area (Å²) in [5.41, 5.74) is 7.43. The van der Waals surface area contributed by atoms with E-state index in [2.05, 4.69) is 29.3 Å². The van der Waals surface area contributed by atoms with E-state index in [0.717, 1.165) is 54.4 Å². The van der Waals surface area contributed by atoms with E-state index in [1.807, 2.05) is 26.0 Å². The number of benzene rings is 2. The Morgan fingerprint density at radius 3 is 2.52 bits per heavy atom. The van der Waals surface area contributed by atoms with Crippen LogP contribution in [0.1, 0.15) is 39.5 Å². The minimum absolute atomic E-state index is 0.114. The molecular weight excluding hydrogens is 360 g/mol. The molecular formula is C22H27ClN2O2. The molecule has 27 heavy (non-hydrogen) atoms. The van der Waals surface area contributed by atoms with Gasteiger partial charge < -0.3 is 15.0 Å². The van der Waals surface area contributed by atoms with Gasteiger partial charge in [-0.2, -0.15) is 0 Å². The number of aryl methyl sites for hydroxylation is 2. The fraction of sp³-hybridized carbons (Fsp3) is 0.409. The van der Waals surface area contributed by atoms with Gasteiger partial charge in [-0.05, 0) is 68.1 Å².